The Bertz CT molecular complexity index is 1720. The van der Waals surface area contributed by atoms with Gasteiger partial charge in [0.15, 0.2) is 23.1 Å². The Kier molecular flexibility index (Phi) is 7.11. The maximum atomic E-state index is 14.1. The molecule has 196 valence electrons. The summed E-state index contributed by atoms with van der Waals surface area (Å²) in [5.74, 6) is 0.131. The molecule has 0 radical (unpaired) electrons. The lowest BCUT2D eigenvalue weighted by Crippen LogP contribution is -2.02. The van der Waals surface area contributed by atoms with E-state index >= 15 is 0 Å². The second kappa shape index (κ2) is 10.8. The molecule has 0 bridgehead atoms. The summed E-state index contributed by atoms with van der Waals surface area (Å²) in [6.45, 7) is -0.277. The minimum atomic E-state index is -0.585. The summed E-state index contributed by atoms with van der Waals surface area (Å²) in [5, 5.41) is 21.9. The molecule has 0 aliphatic carbocycles. The number of aromatic hydroxyl groups is 1. The van der Waals surface area contributed by atoms with E-state index in [0.29, 0.717) is 28.3 Å². The Balaban J connectivity index is 1.49. The number of nitro benzene ring substituents is 1. The molecule has 39 heavy (non-hydrogen) atoms. The molecule has 0 saturated carbocycles. The van der Waals surface area contributed by atoms with Crippen molar-refractivity contribution >= 4 is 35.0 Å². The first-order valence-corrected chi connectivity index (χ1v) is 12.0. The zero-order valence-corrected chi connectivity index (χ0v) is 21.2. The van der Waals surface area contributed by atoms with Crippen molar-refractivity contribution in [2.45, 2.75) is 6.61 Å². The molecule has 2 aromatic heterocycles. The van der Waals surface area contributed by atoms with E-state index in [1.54, 1.807) is 28.8 Å². The number of methoxy groups -OCH3 is 1. The van der Waals surface area contributed by atoms with Crippen LogP contribution in [0.5, 0.6) is 17.2 Å². The van der Waals surface area contributed by atoms with Crippen LogP contribution in [0.2, 0.25) is 5.02 Å². The first kappa shape index (κ1) is 25.7. The largest absolute Gasteiger partial charge is 0.504 e. The van der Waals surface area contributed by atoms with Crippen LogP contribution in [0.4, 0.5) is 15.9 Å². The number of nitrogens with zero attached hydrogens (tertiary/aromatic N) is 4. The van der Waals surface area contributed by atoms with Gasteiger partial charge < -0.3 is 14.6 Å². The molecular weight excluding hydrogens is 527 g/mol. The second-order valence-corrected chi connectivity index (χ2v) is 8.74. The molecule has 5 aromatic rings. The van der Waals surface area contributed by atoms with E-state index in [2.05, 4.69) is 9.98 Å². The van der Waals surface area contributed by atoms with Gasteiger partial charge in [-0.05, 0) is 60.2 Å². The Morgan fingerprint density at radius 1 is 1.13 bits per heavy atom. The van der Waals surface area contributed by atoms with E-state index in [1.807, 2.05) is 18.2 Å². The number of rotatable bonds is 8. The molecule has 1 N–H and O–H groups in total. The highest BCUT2D eigenvalue weighted by Crippen LogP contribution is 2.36. The van der Waals surface area contributed by atoms with Gasteiger partial charge in [0, 0.05) is 29.6 Å². The van der Waals surface area contributed by atoms with Gasteiger partial charge in [0.2, 0.25) is 0 Å². The third-order valence-corrected chi connectivity index (χ3v) is 6.26. The minimum Gasteiger partial charge on any atom is -0.504 e. The van der Waals surface area contributed by atoms with Gasteiger partial charge >= 0.3 is 5.69 Å². The monoisotopic (exact) mass is 546 g/mol. The quantitative estimate of drug-likeness (QED) is 0.131. The Hall–Kier alpha value is -4.96. The summed E-state index contributed by atoms with van der Waals surface area (Å²) >= 11 is 6.04. The van der Waals surface area contributed by atoms with E-state index in [9.17, 15) is 19.6 Å². The van der Waals surface area contributed by atoms with Gasteiger partial charge in [-0.15, -0.1) is 0 Å². The van der Waals surface area contributed by atoms with E-state index in [0.717, 1.165) is 0 Å². The van der Waals surface area contributed by atoms with Crippen molar-refractivity contribution in [2.24, 2.45) is 4.99 Å². The third-order valence-electron chi connectivity index (χ3n) is 5.91. The number of aromatic nitrogens is 2. The number of pyridine rings is 1. The van der Waals surface area contributed by atoms with Gasteiger partial charge in [-0.1, -0.05) is 23.7 Å². The molecule has 0 aliphatic rings. The van der Waals surface area contributed by atoms with Crippen molar-refractivity contribution < 1.29 is 23.9 Å². The van der Waals surface area contributed by atoms with Crippen LogP contribution in [0, 0.1) is 15.9 Å². The van der Waals surface area contributed by atoms with Gasteiger partial charge in [-0.2, -0.15) is 0 Å². The third kappa shape index (κ3) is 5.23. The van der Waals surface area contributed by atoms with Crippen LogP contribution in [0.3, 0.4) is 0 Å². The Labute approximate surface area is 226 Å². The number of phenols is 1. The predicted octanol–water partition coefficient (Wildman–Crippen LogP) is 6.75. The lowest BCUT2D eigenvalue weighted by atomic mass is 10.1. The van der Waals surface area contributed by atoms with Crippen molar-refractivity contribution in [3.8, 4) is 28.5 Å². The number of fused-ring (bicyclic) bond motifs is 1. The summed E-state index contributed by atoms with van der Waals surface area (Å²) in [5.41, 5.74) is 2.03. The minimum absolute atomic E-state index is 0.0121. The maximum Gasteiger partial charge on any atom is 0.311 e. The number of hydrogen-bond donors (Lipinski definition) is 1. The molecule has 0 spiro atoms. The number of hydrogen-bond acceptors (Lipinski definition) is 7. The first-order valence-electron chi connectivity index (χ1n) is 11.6. The molecule has 9 nitrogen and oxygen atoms in total. The predicted molar refractivity (Wildman–Crippen MR) is 145 cm³/mol. The second-order valence-electron chi connectivity index (χ2n) is 8.33. The van der Waals surface area contributed by atoms with Crippen LogP contribution in [-0.2, 0) is 6.61 Å². The highest BCUT2D eigenvalue weighted by atomic mass is 35.5. The average molecular weight is 547 g/mol. The van der Waals surface area contributed by atoms with E-state index in [4.69, 9.17) is 21.1 Å². The topological polar surface area (TPSA) is 111 Å². The van der Waals surface area contributed by atoms with E-state index in [1.165, 1.54) is 49.7 Å². The Morgan fingerprint density at radius 3 is 2.74 bits per heavy atom. The van der Waals surface area contributed by atoms with Crippen LogP contribution in [-0.4, -0.2) is 32.7 Å². The van der Waals surface area contributed by atoms with Crippen molar-refractivity contribution in [2.75, 3.05) is 7.11 Å². The standard InChI is InChI=1S/C28H20ClFN4O5/c1-38-25-14-18(9-10-23(25)35)27-28(33-12-3-2-7-26(33)32-27)31-15-17-8-11-24(22(13-17)34(36)37)39-16-19-20(29)5-4-6-21(19)30/h2-15,35H,16H2,1H3/b31-15+. The molecular formula is C28H20ClFN4O5. The van der Waals surface area contributed by atoms with Crippen molar-refractivity contribution in [1.29, 1.82) is 0 Å². The van der Waals surface area contributed by atoms with Crippen molar-refractivity contribution in [3.05, 3.63) is 111 Å². The molecule has 0 saturated heterocycles. The number of imidazole rings is 1. The molecule has 0 atom stereocenters. The van der Waals surface area contributed by atoms with E-state index in [-0.39, 0.29) is 40.1 Å². The molecule has 11 heteroatoms. The number of halogens is 2. The first-order chi connectivity index (χ1) is 18.9. The fourth-order valence-electron chi connectivity index (χ4n) is 3.96. The molecule has 2 heterocycles. The average Bonchev–Trinajstić information content (AvgIpc) is 3.30. The number of phenolic OH excluding ortho intramolecular Hbond substituents is 1. The molecule has 5 rings (SSSR count). The maximum absolute atomic E-state index is 14.1. The number of nitro groups is 1. The smallest absolute Gasteiger partial charge is 0.311 e. The summed E-state index contributed by atoms with van der Waals surface area (Å²) in [6.07, 6.45) is 3.27. The van der Waals surface area contributed by atoms with Gasteiger partial charge in [-0.25, -0.2) is 14.4 Å². The molecule has 0 aliphatic heterocycles. The summed E-state index contributed by atoms with van der Waals surface area (Å²) in [6, 6.07) is 18.9. The highest BCUT2D eigenvalue weighted by molar-refractivity contribution is 6.31. The molecule has 0 amide bonds. The lowest BCUT2D eigenvalue weighted by molar-refractivity contribution is -0.386. The van der Waals surface area contributed by atoms with Crippen molar-refractivity contribution in [1.82, 2.24) is 9.38 Å². The zero-order valence-electron chi connectivity index (χ0n) is 20.4. The van der Waals surface area contributed by atoms with E-state index < -0.39 is 10.7 Å². The Morgan fingerprint density at radius 2 is 1.97 bits per heavy atom. The number of ether oxygens (including phenoxy) is 2. The van der Waals surface area contributed by atoms with Gasteiger partial charge in [0.05, 0.1) is 17.1 Å². The normalized spacial score (nSPS) is 11.3. The fourth-order valence-corrected chi connectivity index (χ4v) is 4.18. The number of aliphatic imine (C=N–C) groups is 1. The summed E-state index contributed by atoms with van der Waals surface area (Å²) < 4.78 is 26.7. The SMILES string of the molecule is COc1cc(-c2nc3ccccn3c2/N=C/c2ccc(OCc3c(F)cccc3Cl)c([N+](=O)[O-])c2)ccc1O. The number of benzene rings is 3. The highest BCUT2D eigenvalue weighted by Gasteiger charge is 2.19. The molecule has 0 unspecified atom stereocenters. The molecule has 3 aromatic carbocycles. The fraction of sp³-hybridized carbons (Fsp3) is 0.0714. The summed E-state index contributed by atoms with van der Waals surface area (Å²) in [4.78, 5) is 20.5. The van der Waals surface area contributed by atoms with Crippen LogP contribution >= 0.6 is 11.6 Å². The van der Waals surface area contributed by atoms with Gasteiger partial charge in [-0.3, -0.25) is 14.5 Å². The molecule has 0 fully saturated rings. The van der Waals surface area contributed by atoms with Crippen molar-refractivity contribution in [3.63, 3.8) is 0 Å². The van der Waals surface area contributed by atoms with Gasteiger partial charge in [0.1, 0.15) is 23.8 Å². The zero-order chi connectivity index (χ0) is 27.5. The van der Waals surface area contributed by atoms with Crippen LogP contribution < -0.4 is 9.47 Å². The van der Waals surface area contributed by atoms with Crippen LogP contribution in [0.15, 0.2) is 84.0 Å². The van der Waals surface area contributed by atoms with Crippen LogP contribution in [0.1, 0.15) is 11.1 Å². The van der Waals surface area contributed by atoms with Gasteiger partial charge in [0.25, 0.3) is 0 Å². The summed E-state index contributed by atoms with van der Waals surface area (Å²) in [7, 11) is 1.45. The lowest BCUT2D eigenvalue weighted by Gasteiger charge is -2.09. The van der Waals surface area contributed by atoms with Crippen LogP contribution in [0.25, 0.3) is 16.9 Å².